The lowest BCUT2D eigenvalue weighted by Gasteiger charge is -2.48. The van der Waals surface area contributed by atoms with Crippen molar-refractivity contribution >= 4 is 17.4 Å². The summed E-state index contributed by atoms with van der Waals surface area (Å²) in [7, 11) is 1.61. The van der Waals surface area contributed by atoms with Gasteiger partial charge < -0.3 is 10.1 Å². The first-order chi connectivity index (χ1) is 16.1. The first kappa shape index (κ1) is 20.9. The number of Topliss-reactive ketones (excluding diaryl/α,β-unsaturated/α-hetero) is 1. The Hall–Kier alpha value is -3.98. The average molecular weight is 437 g/mol. The number of nitrogens with one attached hydrogen (secondary N) is 1. The van der Waals surface area contributed by atoms with Gasteiger partial charge in [0.05, 0.1) is 23.8 Å². The normalized spacial score (nSPS) is 23.5. The Morgan fingerprint density at radius 3 is 2.45 bits per heavy atom. The fraction of sp³-hybridized carbons (Fsp3) is 0.259. The van der Waals surface area contributed by atoms with Gasteiger partial charge in [-0.1, -0.05) is 55.5 Å². The monoisotopic (exact) mass is 436 g/mol. The summed E-state index contributed by atoms with van der Waals surface area (Å²) >= 11 is 0. The van der Waals surface area contributed by atoms with Gasteiger partial charge >= 0.3 is 0 Å². The molecule has 33 heavy (non-hydrogen) atoms. The van der Waals surface area contributed by atoms with Gasteiger partial charge in [-0.05, 0) is 42.5 Å². The number of ether oxygens (including phenoxy) is 1. The number of rotatable bonds is 4. The highest BCUT2D eigenvalue weighted by molar-refractivity contribution is 6.02. The Balaban J connectivity index is 1.80. The molecule has 5 rings (SSSR count). The summed E-state index contributed by atoms with van der Waals surface area (Å²) in [6, 6.07) is 21.9. The van der Waals surface area contributed by atoms with E-state index in [-0.39, 0.29) is 23.2 Å². The van der Waals surface area contributed by atoms with Crippen LogP contribution < -0.4 is 10.1 Å². The standard InChI is InChI=1S/C27H24N4O2/c1-17-22-14-13-21-24(30-26(31-25(21)33-2)29-20-11-7-4-8-12-20)27(22,15-18(16-28)23(17)32)19-9-5-3-6-10-19/h3-12,15,17,22H,13-14H2,1-2H3,(H,29,30,31)/t17-,22-,27+/m0/s1. The molecule has 0 aliphatic heterocycles. The lowest BCUT2D eigenvalue weighted by atomic mass is 9.54. The number of aromatic nitrogens is 2. The number of fused-ring (bicyclic) bond motifs is 3. The van der Waals surface area contributed by atoms with Crippen LogP contribution in [0.2, 0.25) is 0 Å². The molecule has 3 atom stereocenters. The Morgan fingerprint density at radius 2 is 1.79 bits per heavy atom. The number of benzene rings is 2. The number of allylic oxidation sites excluding steroid dienone is 2. The summed E-state index contributed by atoms with van der Waals surface area (Å²) < 4.78 is 5.71. The second-order valence-electron chi connectivity index (χ2n) is 8.58. The number of ketones is 1. The minimum atomic E-state index is -0.726. The van der Waals surface area contributed by atoms with Crippen LogP contribution in [0.3, 0.4) is 0 Å². The summed E-state index contributed by atoms with van der Waals surface area (Å²) in [6.07, 6.45) is 3.32. The maximum Gasteiger partial charge on any atom is 0.230 e. The number of carbonyl (C=O) groups excluding carboxylic acids is 1. The Bertz CT molecular complexity index is 1280. The Morgan fingerprint density at radius 1 is 1.09 bits per heavy atom. The lowest BCUT2D eigenvalue weighted by molar-refractivity contribution is -0.121. The highest BCUT2D eigenvalue weighted by Crippen LogP contribution is 2.54. The number of methoxy groups -OCH3 is 1. The zero-order valence-electron chi connectivity index (χ0n) is 18.6. The zero-order valence-corrected chi connectivity index (χ0v) is 18.6. The SMILES string of the molecule is COc1nc(Nc2ccccc2)nc2c1CC[C@H]1[C@H](C)C(=O)C(C#N)=C[C@]21c1ccccc1. The molecular weight excluding hydrogens is 412 g/mol. The van der Waals surface area contributed by atoms with Gasteiger partial charge in [-0.3, -0.25) is 4.79 Å². The van der Waals surface area contributed by atoms with Crippen molar-refractivity contribution in [1.82, 2.24) is 9.97 Å². The molecule has 2 aliphatic carbocycles. The zero-order chi connectivity index (χ0) is 23.0. The smallest absolute Gasteiger partial charge is 0.230 e. The topological polar surface area (TPSA) is 87.9 Å². The van der Waals surface area contributed by atoms with E-state index in [0.29, 0.717) is 18.2 Å². The van der Waals surface area contributed by atoms with E-state index < -0.39 is 5.41 Å². The molecule has 2 aliphatic rings. The van der Waals surface area contributed by atoms with Crippen LogP contribution in [0.5, 0.6) is 5.88 Å². The molecule has 6 heteroatoms. The van der Waals surface area contributed by atoms with Crippen molar-refractivity contribution in [3.63, 3.8) is 0 Å². The fourth-order valence-electron chi connectivity index (χ4n) is 5.39. The van der Waals surface area contributed by atoms with Gasteiger partial charge in [-0.25, -0.2) is 4.98 Å². The number of para-hydroxylation sites is 1. The highest BCUT2D eigenvalue weighted by atomic mass is 16.5. The third kappa shape index (κ3) is 3.28. The molecule has 1 N–H and O–H groups in total. The summed E-state index contributed by atoms with van der Waals surface area (Å²) in [5.74, 6) is 0.514. The van der Waals surface area contributed by atoms with Crippen LogP contribution in [-0.4, -0.2) is 22.9 Å². The number of nitrogens with zero attached hydrogens (tertiary/aromatic N) is 3. The van der Waals surface area contributed by atoms with E-state index >= 15 is 0 Å². The first-order valence-corrected chi connectivity index (χ1v) is 11.1. The van der Waals surface area contributed by atoms with Gasteiger partial charge in [0.25, 0.3) is 0 Å². The van der Waals surface area contributed by atoms with E-state index in [1.807, 2.05) is 61.5 Å². The fourth-order valence-corrected chi connectivity index (χ4v) is 5.39. The van der Waals surface area contributed by atoms with Crippen LogP contribution >= 0.6 is 0 Å². The van der Waals surface area contributed by atoms with Crippen LogP contribution in [0.25, 0.3) is 0 Å². The molecule has 0 fully saturated rings. The second-order valence-corrected chi connectivity index (χ2v) is 8.58. The summed E-state index contributed by atoms with van der Waals surface area (Å²) in [4.78, 5) is 22.6. The molecule has 2 aromatic carbocycles. The molecule has 164 valence electrons. The maximum atomic E-state index is 13.0. The third-order valence-corrected chi connectivity index (χ3v) is 6.90. The van der Waals surface area contributed by atoms with Crippen molar-refractivity contribution in [1.29, 1.82) is 5.26 Å². The number of hydrogen-bond acceptors (Lipinski definition) is 6. The van der Waals surface area contributed by atoms with Crippen LogP contribution in [-0.2, 0) is 16.6 Å². The predicted octanol–water partition coefficient (Wildman–Crippen LogP) is 4.75. The van der Waals surface area contributed by atoms with Crippen molar-refractivity contribution in [2.45, 2.75) is 25.2 Å². The quantitative estimate of drug-likeness (QED) is 0.635. The number of hydrogen-bond donors (Lipinski definition) is 1. The Labute approximate surface area is 193 Å². The highest BCUT2D eigenvalue weighted by Gasteiger charge is 2.53. The van der Waals surface area contributed by atoms with Crippen LogP contribution in [0.4, 0.5) is 11.6 Å². The Kier molecular flexibility index (Phi) is 5.18. The molecule has 0 saturated heterocycles. The lowest BCUT2D eigenvalue weighted by Crippen LogP contribution is -2.48. The van der Waals surface area contributed by atoms with Gasteiger partial charge in [0, 0.05) is 17.2 Å². The van der Waals surface area contributed by atoms with Crippen LogP contribution in [0, 0.1) is 23.2 Å². The first-order valence-electron chi connectivity index (χ1n) is 11.1. The van der Waals surface area contributed by atoms with Crippen LogP contribution in [0.1, 0.15) is 30.2 Å². The van der Waals surface area contributed by atoms with Gasteiger partial charge in [-0.15, -0.1) is 0 Å². The van der Waals surface area contributed by atoms with Crippen molar-refractivity contribution in [3.8, 4) is 11.9 Å². The van der Waals surface area contributed by atoms with Crippen molar-refractivity contribution in [3.05, 3.63) is 89.1 Å². The number of nitriles is 1. The summed E-state index contributed by atoms with van der Waals surface area (Å²) in [5, 5.41) is 13.1. The van der Waals surface area contributed by atoms with E-state index in [9.17, 15) is 10.1 Å². The molecule has 0 radical (unpaired) electrons. The van der Waals surface area contributed by atoms with Crippen molar-refractivity contribution in [2.24, 2.45) is 11.8 Å². The van der Waals surface area contributed by atoms with E-state index in [4.69, 9.17) is 9.72 Å². The number of anilines is 2. The van der Waals surface area contributed by atoms with Crippen LogP contribution in [0.15, 0.2) is 72.3 Å². The van der Waals surface area contributed by atoms with Crippen molar-refractivity contribution in [2.75, 3.05) is 12.4 Å². The van der Waals surface area contributed by atoms with E-state index in [1.54, 1.807) is 7.11 Å². The minimum absolute atomic E-state index is 0.0267. The maximum absolute atomic E-state index is 13.0. The number of carbonyl (C=O) groups is 1. The molecule has 1 aromatic heterocycles. The van der Waals surface area contributed by atoms with E-state index in [2.05, 4.69) is 28.5 Å². The molecule has 0 spiro atoms. The van der Waals surface area contributed by atoms with Crippen molar-refractivity contribution < 1.29 is 9.53 Å². The largest absolute Gasteiger partial charge is 0.481 e. The summed E-state index contributed by atoms with van der Waals surface area (Å²) in [6.45, 7) is 1.93. The molecular formula is C27H24N4O2. The molecule has 0 saturated carbocycles. The molecule has 0 unspecified atom stereocenters. The predicted molar refractivity (Wildman–Crippen MR) is 125 cm³/mol. The third-order valence-electron chi connectivity index (χ3n) is 6.90. The summed E-state index contributed by atoms with van der Waals surface area (Å²) in [5.41, 5.74) is 3.05. The molecule has 0 amide bonds. The van der Waals surface area contributed by atoms with Gasteiger partial charge in [0.2, 0.25) is 11.8 Å². The molecule has 6 nitrogen and oxygen atoms in total. The minimum Gasteiger partial charge on any atom is -0.481 e. The molecule has 0 bridgehead atoms. The molecule has 1 heterocycles. The van der Waals surface area contributed by atoms with Gasteiger partial charge in [-0.2, -0.15) is 10.2 Å². The van der Waals surface area contributed by atoms with E-state index in [0.717, 1.165) is 28.9 Å². The average Bonchev–Trinajstić information content (AvgIpc) is 2.86. The second kappa shape index (κ2) is 8.18. The molecule has 3 aromatic rings. The van der Waals surface area contributed by atoms with E-state index in [1.165, 1.54) is 0 Å². The van der Waals surface area contributed by atoms with Gasteiger partial charge in [0.1, 0.15) is 6.07 Å². The van der Waals surface area contributed by atoms with Gasteiger partial charge in [0.15, 0.2) is 5.78 Å².